The van der Waals surface area contributed by atoms with Crippen LogP contribution in [-0.2, 0) is 17.4 Å². The van der Waals surface area contributed by atoms with Gasteiger partial charge in [-0.1, -0.05) is 42.5 Å². The van der Waals surface area contributed by atoms with Crippen LogP contribution in [0, 0.1) is 6.92 Å². The highest BCUT2D eigenvalue weighted by Crippen LogP contribution is 2.31. The van der Waals surface area contributed by atoms with Crippen molar-refractivity contribution in [2.45, 2.75) is 38.4 Å². The number of piperidine rings is 1. The highest BCUT2D eigenvalue weighted by molar-refractivity contribution is 5.79. The molecule has 5 nitrogen and oxygen atoms in total. The van der Waals surface area contributed by atoms with Gasteiger partial charge < -0.3 is 9.88 Å². The highest BCUT2D eigenvalue weighted by Gasteiger charge is 2.30. The number of nitrogens with one attached hydrogen (secondary N) is 1. The van der Waals surface area contributed by atoms with Crippen molar-refractivity contribution in [3.05, 3.63) is 81.9 Å². The van der Waals surface area contributed by atoms with Crippen LogP contribution in [0.3, 0.4) is 0 Å². The molecule has 0 unspecified atom stereocenters. The molecule has 1 saturated heterocycles. The molecule has 3 aromatic rings. The predicted molar refractivity (Wildman–Crippen MR) is 115 cm³/mol. The van der Waals surface area contributed by atoms with E-state index >= 15 is 0 Å². The third-order valence-corrected chi connectivity index (χ3v) is 5.98. The molecule has 1 N–H and O–H groups in total. The van der Waals surface area contributed by atoms with Gasteiger partial charge in [-0.3, -0.25) is 9.36 Å². The van der Waals surface area contributed by atoms with Crippen molar-refractivity contribution in [2.24, 2.45) is 0 Å². The van der Waals surface area contributed by atoms with Gasteiger partial charge in [0.25, 0.3) is 0 Å². The first-order chi connectivity index (χ1) is 15.2. The number of nitrogens with zero attached hydrogens (tertiary/aromatic N) is 2. The lowest BCUT2D eigenvalue weighted by Crippen LogP contribution is -2.41. The Bertz CT molecular complexity index is 1140. The number of hydrogen-bond acceptors (Lipinski definition) is 2. The Morgan fingerprint density at radius 2 is 1.66 bits per heavy atom. The number of carbonyl (C=O) groups is 1. The van der Waals surface area contributed by atoms with Crippen LogP contribution in [0.1, 0.15) is 35.7 Å². The van der Waals surface area contributed by atoms with E-state index < -0.39 is 11.7 Å². The number of aromatic nitrogens is 2. The van der Waals surface area contributed by atoms with Crippen LogP contribution in [-0.4, -0.2) is 33.4 Å². The Morgan fingerprint density at radius 3 is 2.25 bits per heavy atom. The first kappa shape index (κ1) is 21.9. The summed E-state index contributed by atoms with van der Waals surface area (Å²) in [4.78, 5) is 29.9. The summed E-state index contributed by atoms with van der Waals surface area (Å²) in [6.45, 7) is 2.87. The molecule has 1 fully saturated rings. The van der Waals surface area contributed by atoms with Crippen LogP contribution >= 0.6 is 0 Å². The molecule has 2 heterocycles. The summed E-state index contributed by atoms with van der Waals surface area (Å²) in [6, 6.07) is 14.4. The lowest BCUT2D eigenvalue weighted by molar-refractivity contribution is -0.137. The Hall–Kier alpha value is -3.29. The molecular weight excluding hydrogens is 419 g/mol. The number of H-pyrrole nitrogens is 1. The Labute approximate surface area is 183 Å². The number of likely N-dealkylation sites (tertiary alicyclic amines) is 1. The van der Waals surface area contributed by atoms with Gasteiger partial charge in [0, 0.05) is 30.4 Å². The van der Waals surface area contributed by atoms with Crippen LogP contribution in [0.15, 0.2) is 59.4 Å². The van der Waals surface area contributed by atoms with Crippen LogP contribution in [0.25, 0.3) is 11.3 Å². The molecule has 2 aromatic carbocycles. The van der Waals surface area contributed by atoms with Crippen molar-refractivity contribution in [3.8, 4) is 11.3 Å². The van der Waals surface area contributed by atoms with Crippen molar-refractivity contribution in [2.75, 3.05) is 13.1 Å². The van der Waals surface area contributed by atoms with Gasteiger partial charge in [0.15, 0.2) is 0 Å². The lowest BCUT2D eigenvalue weighted by Gasteiger charge is -2.33. The van der Waals surface area contributed by atoms with E-state index in [0.717, 1.165) is 29.1 Å². The fourth-order valence-electron chi connectivity index (χ4n) is 4.33. The van der Waals surface area contributed by atoms with Crippen LogP contribution in [0.5, 0.6) is 0 Å². The molecule has 0 spiro atoms. The number of halogens is 3. The molecule has 168 valence electrons. The molecule has 8 heteroatoms. The second-order valence-electron chi connectivity index (χ2n) is 8.12. The number of aromatic amines is 1. The third kappa shape index (κ3) is 4.49. The molecule has 0 saturated carbocycles. The number of carbonyl (C=O) groups excluding carboxylic acids is 1. The summed E-state index contributed by atoms with van der Waals surface area (Å²) in [5.74, 6) is -0.121. The third-order valence-electron chi connectivity index (χ3n) is 5.98. The van der Waals surface area contributed by atoms with E-state index in [-0.39, 0.29) is 24.1 Å². The normalized spacial score (nSPS) is 15.2. The van der Waals surface area contributed by atoms with Crippen molar-refractivity contribution in [1.29, 1.82) is 0 Å². The van der Waals surface area contributed by atoms with Crippen LogP contribution in [0.4, 0.5) is 13.2 Å². The molecule has 1 aliphatic heterocycles. The fourth-order valence-corrected chi connectivity index (χ4v) is 4.33. The SMILES string of the molecule is Cc1[nH]c(=O)n(C2CCN(C(=O)Cc3ccc(C(F)(F)F)cc3)CC2)c1-c1ccccc1. The summed E-state index contributed by atoms with van der Waals surface area (Å²) in [5, 5.41) is 0. The first-order valence-electron chi connectivity index (χ1n) is 10.5. The van der Waals surface area contributed by atoms with Crippen molar-refractivity contribution >= 4 is 5.91 Å². The summed E-state index contributed by atoms with van der Waals surface area (Å²) in [6.07, 6.45) is -3.06. The zero-order chi connectivity index (χ0) is 22.9. The van der Waals surface area contributed by atoms with E-state index in [1.807, 2.05) is 37.3 Å². The molecule has 0 bridgehead atoms. The fraction of sp³-hybridized carbons (Fsp3) is 0.333. The molecule has 1 aliphatic rings. The maximum atomic E-state index is 12.7. The van der Waals surface area contributed by atoms with E-state index in [4.69, 9.17) is 0 Å². The molecule has 0 atom stereocenters. The topological polar surface area (TPSA) is 58.1 Å². The van der Waals surface area contributed by atoms with E-state index in [9.17, 15) is 22.8 Å². The minimum absolute atomic E-state index is 0.0298. The molecular formula is C24H24F3N3O2. The zero-order valence-corrected chi connectivity index (χ0v) is 17.7. The van der Waals surface area contributed by atoms with Crippen LogP contribution < -0.4 is 5.69 Å². The predicted octanol–water partition coefficient (Wildman–Crippen LogP) is 4.58. The van der Waals surface area contributed by atoms with Crippen LogP contribution in [0.2, 0.25) is 0 Å². The summed E-state index contributed by atoms with van der Waals surface area (Å²) >= 11 is 0. The van der Waals surface area contributed by atoms with Crippen molar-refractivity contribution in [3.63, 3.8) is 0 Å². The largest absolute Gasteiger partial charge is 0.416 e. The van der Waals surface area contributed by atoms with Gasteiger partial charge in [0.1, 0.15) is 0 Å². The first-order valence-corrected chi connectivity index (χ1v) is 10.5. The van der Waals surface area contributed by atoms with Gasteiger partial charge >= 0.3 is 11.9 Å². The van der Waals surface area contributed by atoms with Gasteiger partial charge in [-0.05, 0) is 37.5 Å². The van der Waals surface area contributed by atoms with Crippen molar-refractivity contribution < 1.29 is 18.0 Å². The molecule has 4 rings (SSSR count). The molecule has 0 aliphatic carbocycles. The Kier molecular flexibility index (Phi) is 5.95. The van der Waals surface area contributed by atoms with E-state index in [2.05, 4.69) is 4.98 Å². The standard InChI is InChI=1S/C24H24F3N3O2/c1-16-22(18-5-3-2-4-6-18)30(23(32)28-16)20-11-13-29(14-12-20)21(31)15-17-7-9-19(10-8-17)24(25,26)27/h2-10,20H,11-15H2,1H3,(H,28,32). The van der Waals surface area contributed by atoms with Gasteiger partial charge in [0.2, 0.25) is 5.91 Å². The van der Waals surface area contributed by atoms with Gasteiger partial charge in [-0.15, -0.1) is 0 Å². The zero-order valence-electron chi connectivity index (χ0n) is 17.7. The maximum absolute atomic E-state index is 12.7. The number of aryl methyl sites for hydroxylation is 1. The molecule has 0 radical (unpaired) electrons. The second-order valence-corrected chi connectivity index (χ2v) is 8.12. The Morgan fingerprint density at radius 1 is 1.03 bits per heavy atom. The summed E-state index contributed by atoms with van der Waals surface area (Å²) < 4.78 is 39.9. The number of rotatable bonds is 4. The smallest absolute Gasteiger partial charge is 0.342 e. The van der Waals surface area contributed by atoms with E-state index in [1.165, 1.54) is 12.1 Å². The second kappa shape index (κ2) is 8.68. The Balaban J connectivity index is 1.43. The quantitative estimate of drug-likeness (QED) is 0.642. The van der Waals surface area contributed by atoms with Gasteiger partial charge in [-0.25, -0.2) is 4.79 Å². The number of alkyl halides is 3. The molecule has 1 amide bonds. The average molecular weight is 443 g/mol. The number of hydrogen-bond donors (Lipinski definition) is 1. The van der Waals surface area contributed by atoms with Crippen molar-refractivity contribution in [1.82, 2.24) is 14.5 Å². The van der Waals surface area contributed by atoms with Gasteiger partial charge in [-0.2, -0.15) is 13.2 Å². The monoisotopic (exact) mass is 443 g/mol. The van der Waals surface area contributed by atoms with Gasteiger partial charge in [0.05, 0.1) is 17.7 Å². The minimum atomic E-state index is -4.39. The van der Waals surface area contributed by atoms with E-state index in [1.54, 1.807) is 9.47 Å². The maximum Gasteiger partial charge on any atom is 0.416 e. The number of amides is 1. The number of imidazole rings is 1. The average Bonchev–Trinajstić information content (AvgIpc) is 3.07. The lowest BCUT2D eigenvalue weighted by atomic mass is 10.0. The summed E-state index contributed by atoms with van der Waals surface area (Å²) in [7, 11) is 0. The van der Waals surface area contributed by atoms with E-state index in [0.29, 0.717) is 31.5 Å². The summed E-state index contributed by atoms with van der Waals surface area (Å²) in [5.41, 5.74) is 2.30. The molecule has 32 heavy (non-hydrogen) atoms. The highest BCUT2D eigenvalue weighted by atomic mass is 19.4. The molecule has 1 aromatic heterocycles. The minimum Gasteiger partial charge on any atom is -0.342 e. The number of benzene rings is 2.